The van der Waals surface area contributed by atoms with Crippen LogP contribution in [-0.4, -0.2) is 35.1 Å². The van der Waals surface area contributed by atoms with Gasteiger partial charge in [-0.1, -0.05) is 59.1 Å². The summed E-state index contributed by atoms with van der Waals surface area (Å²) in [5.41, 5.74) is 0.528. The van der Waals surface area contributed by atoms with Crippen LogP contribution < -0.4 is 10.6 Å². The minimum absolute atomic E-state index is 0.216. The van der Waals surface area contributed by atoms with Gasteiger partial charge in [-0.3, -0.25) is 19.3 Å². The molecule has 0 aliphatic carbocycles. The molecule has 4 atom stereocenters. The molecule has 4 aliphatic heterocycles. The molecule has 7 rings (SSSR count). The van der Waals surface area contributed by atoms with Crippen LogP contribution in [0.4, 0.5) is 11.4 Å². The van der Waals surface area contributed by atoms with Crippen molar-refractivity contribution in [3.8, 4) is 0 Å². The molecule has 2 spiro atoms. The molecule has 3 aromatic carbocycles. The van der Waals surface area contributed by atoms with Crippen molar-refractivity contribution in [1.29, 1.82) is 0 Å². The van der Waals surface area contributed by atoms with Crippen molar-refractivity contribution < 1.29 is 14.4 Å². The number of benzene rings is 3. The Bertz CT molecular complexity index is 1610. The van der Waals surface area contributed by atoms with Crippen molar-refractivity contribution in [3.05, 3.63) is 91.9 Å². The lowest BCUT2D eigenvalue weighted by Gasteiger charge is -2.43. The number of ketones is 1. The van der Waals surface area contributed by atoms with Crippen molar-refractivity contribution >= 4 is 63.8 Å². The second-order valence-electron chi connectivity index (χ2n) is 10.4. The zero-order chi connectivity index (χ0) is 26.6. The second kappa shape index (κ2) is 8.06. The first-order valence-corrected chi connectivity index (χ1v) is 13.7. The standard InChI is InChI=1S/C29H22Cl3N3O3/c1-14-19(31)11-10-18-24(14)34-27(38)29(18)28(17-5-2-3-6-21(17)33-26(28)37)23(22-7-4-12-35(22)29)25(36)16-9-8-15(30)13-20(16)32/h2-3,5-6,8-11,13,22-23H,4,7,12H2,1H3,(H,33,37)(H,34,38)/t22-,23+,28-,29-/m1/s1. The van der Waals surface area contributed by atoms with Crippen LogP contribution >= 0.6 is 34.8 Å². The van der Waals surface area contributed by atoms with Crippen molar-refractivity contribution in [2.75, 3.05) is 17.2 Å². The van der Waals surface area contributed by atoms with E-state index < -0.39 is 16.9 Å². The highest BCUT2D eigenvalue weighted by atomic mass is 35.5. The van der Waals surface area contributed by atoms with Crippen LogP contribution in [0.15, 0.2) is 54.6 Å². The number of halogens is 3. The fraction of sp³-hybridized carbons (Fsp3) is 0.276. The lowest BCUT2D eigenvalue weighted by molar-refractivity contribution is -0.137. The Balaban J connectivity index is 1.60. The maximum atomic E-state index is 14.6. The van der Waals surface area contributed by atoms with Crippen molar-refractivity contribution in [2.24, 2.45) is 5.92 Å². The lowest BCUT2D eigenvalue weighted by Crippen LogP contribution is -2.62. The Kier molecular flexibility index (Phi) is 5.12. The number of Topliss-reactive ketones (excluding diaryl/α,β-unsaturated/α-hetero) is 1. The topological polar surface area (TPSA) is 78.5 Å². The minimum atomic E-state index is -1.54. The van der Waals surface area contributed by atoms with E-state index in [2.05, 4.69) is 15.5 Å². The van der Waals surface area contributed by atoms with E-state index in [-0.39, 0.29) is 34.2 Å². The van der Waals surface area contributed by atoms with E-state index in [9.17, 15) is 14.4 Å². The van der Waals surface area contributed by atoms with E-state index in [1.165, 1.54) is 6.07 Å². The number of nitrogens with one attached hydrogen (secondary N) is 2. The number of hydrogen-bond acceptors (Lipinski definition) is 4. The summed E-state index contributed by atoms with van der Waals surface area (Å²) in [7, 11) is 0. The van der Waals surface area contributed by atoms with Gasteiger partial charge in [0.05, 0.1) is 16.6 Å². The number of rotatable bonds is 2. The maximum Gasteiger partial charge on any atom is 0.251 e. The second-order valence-corrected chi connectivity index (χ2v) is 11.7. The third-order valence-electron chi connectivity index (χ3n) is 8.95. The van der Waals surface area contributed by atoms with Gasteiger partial charge in [-0.15, -0.1) is 0 Å². The molecule has 0 bridgehead atoms. The molecule has 0 radical (unpaired) electrons. The summed E-state index contributed by atoms with van der Waals surface area (Å²) in [6.07, 6.45) is 1.45. The molecule has 2 N–H and O–H groups in total. The summed E-state index contributed by atoms with van der Waals surface area (Å²) in [5, 5.41) is 7.25. The maximum absolute atomic E-state index is 14.6. The van der Waals surface area contributed by atoms with Crippen molar-refractivity contribution in [1.82, 2.24) is 4.90 Å². The van der Waals surface area contributed by atoms with Crippen LogP contribution in [0.5, 0.6) is 0 Å². The van der Waals surface area contributed by atoms with Gasteiger partial charge in [-0.2, -0.15) is 0 Å². The number of hydrogen-bond donors (Lipinski definition) is 2. The van der Waals surface area contributed by atoms with Gasteiger partial charge in [0.1, 0.15) is 11.0 Å². The first-order valence-electron chi connectivity index (χ1n) is 12.5. The van der Waals surface area contributed by atoms with Crippen LogP contribution in [0, 0.1) is 12.8 Å². The average Bonchev–Trinajstić information content (AvgIpc) is 3.60. The molecule has 0 unspecified atom stereocenters. The molecule has 4 aliphatic rings. The molecule has 2 fully saturated rings. The number of anilines is 2. The molecule has 0 saturated carbocycles. The molecule has 9 heteroatoms. The Morgan fingerprint density at radius 3 is 2.53 bits per heavy atom. The molecule has 0 aromatic heterocycles. The number of fused-ring (bicyclic) bond motifs is 7. The molecule has 2 amide bonds. The van der Waals surface area contributed by atoms with Gasteiger partial charge in [-0.25, -0.2) is 0 Å². The van der Waals surface area contributed by atoms with Crippen LogP contribution in [0.1, 0.15) is 39.9 Å². The molecule has 4 heterocycles. The van der Waals surface area contributed by atoms with Crippen LogP contribution in [0.3, 0.4) is 0 Å². The summed E-state index contributed by atoms with van der Waals surface area (Å²) in [5.74, 6) is -1.85. The minimum Gasteiger partial charge on any atom is -0.325 e. The number of nitrogens with zero attached hydrogens (tertiary/aromatic N) is 1. The third-order valence-corrected chi connectivity index (χ3v) is 9.90. The smallest absolute Gasteiger partial charge is 0.251 e. The SMILES string of the molecule is Cc1c(Cl)ccc2c1NC(=O)[C@]21N2CCC[C@@H]2[C@@H](C(=O)c2ccc(Cl)cc2Cl)[C@]12C(=O)Nc1ccccc12. The zero-order valence-corrected chi connectivity index (χ0v) is 22.5. The van der Waals surface area contributed by atoms with E-state index in [0.717, 1.165) is 12.0 Å². The zero-order valence-electron chi connectivity index (χ0n) is 20.3. The third kappa shape index (κ3) is 2.67. The van der Waals surface area contributed by atoms with E-state index in [0.29, 0.717) is 45.5 Å². The van der Waals surface area contributed by atoms with Gasteiger partial charge in [0.2, 0.25) is 5.91 Å². The first kappa shape index (κ1) is 24.2. The normalized spacial score (nSPS) is 28.9. The highest BCUT2D eigenvalue weighted by molar-refractivity contribution is 6.37. The average molecular weight is 567 g/mol. The first-order chi connectivity index (χ1) is 18.2. The van der Waals surface area contributed by atoms with E-state index in [1.54, 1.807) is 18.2 Å². The van der Waals surface area contributed by atoms with Crippen LogP contribution in [0.2, 0.25) is 15.1 Å². The van der Waals surface area contributed by atoms with Gasteiger partial charge in [0.25, 0.3) is 5.91 Å². The molecular weight excluding hydrogens is 545 g/mol. The summed E-state index contributed by atoms with van der Waals surface area (Å²) in [4.78, 5) is 45.7. The van der Waals surface area contributed by atoms with Gasteiger partial charge in [0, 0.05) is 32.9 Å². The number of amides is 2. The molecule has 38 heavy (non-hydrogen) atoms. The van der Waals surface area contributed by atoms with Crippen LogP contribution in [-0.2, 0) is 20.5 Å². The monoisotopic (exact) mass is 565 g/mol. The number of carbonyl (C=O) groups is 3. The molecule has 2 saturated heterocycles. The van der Waals surface area contributed by atoms with E-state index >= 15 is 0 Å². The number of para-hydroxylation sites is 1. The van der Waals surface area contributed by atoms with Gasteiger partial charge in [0.15, 0.2) is 5.78 Å². The van der Waals surface area contributed by atoms with Crippen molar-refractivity contribution in [2.45, 2.75) is 36.8 Å². The van der Waals surface area contributed by atoms with Crippen LogP contribution in [0.25, 0.3) is 0 Å². The Hall–Kier alpha value is -2.90. The fourth-order valence-corrected chi connectivity index (χ4v) is 8.28. The van der Waals surface area contributed by atoms with Crippen molar-refractivity contribution in [3.63, 3.8) is 0 Å². The Morgan fingerprint density at radius 1 is 0.947 bits per heavy atom. The van der Waals surface area contributed by atoms with Gasteiger partial charge < -0.3 is 10.6 Å². The number of carbonyl (C=O) groups excluding carboxylic acids is 3. The summed E-state index contributed by atoms with van der Waals surface area (Å²) < 4.78 is 0. The van der Waals surface area contributed by atoms with E-state index in [1.807, 2.05) is 37.3 Å². The molecule has 3 aromatic rings. The summed E-state index contributed by atoms with van der Waals surface area (Å²) >= 11 is 19.2. The predicted octanol–water partition coefficient (Wildman–Crippen LogP) is 5.97. The molecule has 192 valence electrons. The summed E-state index contributed by atoms with van der Waals surface area (Å²) in [6.45, 7) is 2.41. The highest BCUT2D eigenvalue weighted by Crippen LogP contribution is 2.68. The van der Waals surface area contributed by atoms with Gasteiger partial charge >= 0.3 is 0 Å². The fourth-order valence-electron chi connectivity index (χ4n) is 7.62. The molecular formula is C29H22Cl3N3O3. The quantitative estimate of drug-likeness (QED) is 0.375. The van der Waals surface area contributed by atoms with Gasteiger partial charge in [-0.05, 0) is 67.8 Å². The highest BCUT2D eigenvalue weighted by Gasteiger charge is 2.81. The Labute approximate surface area is 234 Å². The van der Waals surface area contributed by atoms with E-state index in [4.69, 9.17) is 34.8 Å². The predicted molar refractivity (Wildman–Crippen MR) is 147 cm³/mol. The summed E-state index contributed by atoms with van der Waals surface area (Å²) in [6, 6.07) is 15.3. The largest absolute Gasteiger partial charge is 0.325 e. The lowest BCUT2D eigenvalue weighted by atomic mass is 9.57. The Morgan fingerprint density at radius 2 is 1.74 bits per heavy atom. The molecule has 6 nitrogen and oxygen atoms in total.